The first-order valence-electron chi connectivity index (χ1n) is 10.3. The second kappa shape index (κ2) is 9.78. The zero-order valence-corrected chi connectivity index (χ0v) is 18.4. The van der Waals surface area contributed by atoms with E-state index >= 15 is 0 Å². The normalized spacial score (nSPS) is 10.9. The lowest BCUT2D eigenvalue weighted by Gasteiger charge is -2.14. The number of rotatable bonds is 7. The number of fused-ring (bicyclic) bond motifs is 1. The van der Waals surface area contributed by atoms with E-state index in [0.29, 0.717) is 27.3 Å². The van der Waals surface area contributed by atoms with Crippen molar-refractivity contribution in [1.82, 2.24) is 14.9 Å². The van der Waals surface area contributed by atoms with Gasteiger partial charge in [0.15, 0.2) is 5.16 Å². The number of carbonyl (C=O) groups excluding carboxylic acids is 1. The molecule has 32 heavy (non-hydrogen) atoms. The van der Waals surface area contributed by atoms with Crippen LogP contribution in [-0.2, 0) is 17.8 Å². The number of hydrogen-bond donors (Lipinski definition) is 1. The number of benzene rings is 3. The smallest absolute Gasteiger partial charge is 0.266 e. The van der Waals surface area contributed by atoms with Crippen molar-refractivity contribution in [2.75, 3.05) is 5.75 Å². The van der Waals surface area contributed by atoms with Crippen LogP contribution in [0.2, 0.25) is 0 Å². The number of nitrogens with one attached hydrogen (secondary N) is 1. The zero-order valence-electron chi connectivity index (χ0n) is 17.5. The van der Waals surface area contributed by atoms with E-state index in [4.69, 9.17) is 0 Å². The van der Waals surface area contributed by atoms with Crippen molar-refractivity contribution in [3.63, 3.8) is 0 Å². The Kier molecular flexibility index (Phi) is 6.66. The van der Waals surface area contributed by atoms with E-state index in [0.717, 1.165) is 12.0 Å². The van der Waals surface area contributed by atoms with Gasteiger partial charge < -0.3 is 5.32 Å². The fourth-order valence-corrected chi connectivity index (χ4v) is 4.18. The highest BCUT2D eigenvalue weighted by Gasteiger charge is 2.15. The molecule has 4 rings (SSSR count). The highest BCUT2D eigenvalue weighted by Crippen LogP contribution is 2.21. The minimum atomic E-state index is -0.360. The molecule has 0 aliphatic heterocycles. The second-order valence-corrected chi connectivity index (χ2v) is 8.17. The second-order valence-electron chi connectivity index (χ2n) is 7.23. The van der Waals surface area contributed by atoms with Crippen LogP contribution in [0.4, 0.5) is 4.39 Å². The highest BCUT2D eigenvalue weighted by molar-refractivity contribution is 7.99. The van der Waals surface area contributed by atoms with Gasteiger partial charge >= 0.3 is 0 Å². The van der Waals surface area contributed by atoms with Crippen LogP contribution in [0.15, 0.2) is 82.7 Å². The van der Waals surface area contributed by atoms with Crippen LogP contribution in [0.25, 0.3) is 16.6 Å². The summed E-state index contributed by atoms with van der Waals surface area (Å²) in [7, 11) is 0. The molecule has 0 radical (unpaired) electrons. The number of thioether (sulfide) groups is 1. The van der Waals surface area contributed by atoms with Crippen LogP contribution in [0, 0.1) is 5.82 Å². The van der Waals surface area contributed by atoms with Gasteiger partial charge in [-0.2, -0.15) is 0 Å². The standard InChI is InChI=1S/C25H22FN3O2S/c1-2-17-11-13-19(14-12-17)29-24(31)20-8-4-6-10-22(20)28-25(29)32-16-23(30)27-15-18-7-3-5-9-21(18)26/h3-14H,2,15-16H2,1H3,(H,27,30). The third kappa shape index (κ3) is 4.73. The number of hydrogen-bond acceptors (Lipinski definition) is 4. The summed E-state index contributed by atoms with van der Waals surface area (Å²) >= 11 is 1.17. The molecule has 0 aliphatic rings. The Hall–Kier alpha value is -3.45. The van der Waals surface area contributed by atoms with Crippen molar-refractivity contribution in [1.29, 1.82) is 0 Å². The molecular weight excluding hydrogens is 425 g/mol. The Morgan fingerprint density at radius 2 is 1.75 bits per heavy atom. The van der Waals surface area contributed by atoms with Crippen molar-refractivity contribution in [2.45, 2.75) is 25.0 Å². The molecule has 0 spiro atoms. The van der Waals surface area contributed by atoms with Crippen LogP contribution in [0.5, 0.6) is 0 Å². The molecule has 5 nitrogen and oxygen atoms in total. The van der Waals surface area contributed by atoms with Crippen molar-refractivity contribution < 1.29 is 9.18 Å². The molecule has 1 amide bonds. The Bertz CT molecular complexity index is 1320. The van der Waals surface area contributed by atoms with Crippen LogP contribution >= 0.6 is 11.8 Å². The van der Waals surface area contributed by atoms with E-state index in [1.54, 1.807) is 36.4 Å². The van der Waals surface area contributed by atoms with Gasteiger partial charge in [0.25, 0.3) is 5.56 Å². The summed E-state index contributed by atoms with van der Waals surface area (Å²) in [6.07, 6.45) is 0.898. The maximum atomic E-state index is 13.8. The largest absolute Gasteiger partial charge is 0.351 e. The number of amides is 1. The molecule has 0 saturated carbocycles. The molecule has 7 heteroatoms. The number of halogens is 1. The first-order chi connectivity index (χ1) is 15.6. The van der Waals surface area contributed by atoms with Crippen LogP contribution in [-0.4, -0.2) is 21.2 Å². The molecule has 0 saturated heterocycles. The average Bonchev–Trinajstić information content (AvgIpc) is 2.82. The molecular formula is C25H22FN3O2S. The van der Waals surface area contributed by atoms with Gasteiger partial charge in [0.05, 0.1) is 22.3 Å². The van der Waals surface area contributed by atoms with Gasteiger partial charge in [-0.05, 0) is 42.3 Å². The summed E-state index contributed by atoms with van der Waals surface area (Å²) in [5.74, 6) is -0.582. The SMILES string of the molecule is CCc1ccc(-n2c(SCC(=O)NCc3ccccc3F)nc3ccccc3c2=O)cc1. The molecule has 0 fully saturated rings. The Morgan fingerprint density at radius 1 is 1.03 bits per heavy atom. The first-order valence-corrected chi connectivity index (χ1v) is 11.3. The predicted octanol–water partition coefficient (Wildman–Crippen LogP) is 4.50. The summed E-state index contributed by atoms with van der Waals surface area (Å²) in [6.45, 7) is 2.17. The van der Waals surface area contributed by atoms with E-state index in [9.17, 15) is 14.0 Å². The highest BCUT2D eigenvalue weighted by atomic mass is 32.2. The lowest BCUT2D eigenvalue weighted by Crippen LogP contribution is -2.26. The fourth-order valence-electron chi connectivity index (χ4n) is 3.33. The van der Waals surface area contributed by atoms with Gasteiger partial charge in [-0.25, -0.2) is 9.37 Å². The quantitative estimate of drug-likeness (QED) is 0.335. The molecule has 1 heterocycles. The van der Waals surface area contributed by atoms with Crippen molar-refractivity contribution >= 4 is 28.6 Å². The molecule has 3 aromatic carbocycles. The number of nitrogens with zero attached hydrogens (tertiary/aromatic N) is 2. The van der Waals surface area contributed by atoms with E-state index in [2.05, 4.69) is 17.2 Å². The average molecular weight is 448 g/mol. The molecule has 0 atom stereocenters. The Labute approximate surface area is 189 Å². The zero-order chi connectivity index (χ0) is 22.5. The summed E-state index contributed by atoms with van der Waals surface area (Å²) < 4.78 is 15.3. The van der Waals surface area contributed by atoms with E-state index in [-0.39, 0.29) is 29.6 Å². The molecule has 4 aromatic rings. The molecule has 162 valence electrons. The Balaban J connectivity index is 1.60. The third-order valence-electron chi connectivity index (χ3n) is 5.11. The number of para-hydroxylation sites is 1. The fraction of sp³-hybridized carbons (Fsp3) is 0.160. The van der Waals surface area contributed by atoms with Gasteiger partial charge in [-0.1, -0.05) is 61.2 Å². The third-order valence-corrected chi connectivity index (χ3v) is 6.05. The molecule has 0 aliphatic carbocycles. The monoisotopic (exact) mass is 447 g/mol. The van der Waals surface area contributed by atoms with Gasteiger partial charge in [0.1, 0.15) is 5.82 Å². The van der Waals surface area contributed by atoms with Gasteiger partial charge in [-0.15, -0.1) is 0 Å². The lowest BCUT2D eigenvalue weighted by molar-refractivity contribution is -0.118. The molecule has 1 aromatic heterocycles. The topological polar surface area (TPSA) is 64.0 Å². The number of aryl methyl sites for hydroxylation is 1. The maximum absolute atomic E-state index is 13.8. The van der Waals surface area contributed by atoms with Crippen molar-refractivity contribution in [3.8, 4) is 5.69 Å². The molecule has 1 N–H and O–H groups in total. The van der Waals surface area contributed by atoms with E-state index < -0.39 is 0 Å². The lowest BCUT2D eigenvalue weighted by atomic mass is 10.1. The van der Waals surface area contributed by atoms with Crippen molar-refractivity contribution in [3.05, 3.63) is 100 Å². The van der Waals surface area contributed by atoms with Crippen LogP contribution in [0.3, 0.4) is 0 Å². The van der Waals surface area contributed by atoms with Gasteiger partial charge in [-0.3, -0.25) is 14.2 Å². The van der Waals surface area contributed by atoms with Crippen LogP contribution in [0.1, 0.15) is 18.1 Å². The minimum Gasteiger partial charge on any atom is -0.351 e. The Morgan fingerprint density at radius 3 is 2.50 bits per heavy atom. The summed E-state index contributed by atoms with van der Waals surface area (Å²) in [6, 6.07) is 21.2. The summed E-state index contributed by atoms with van der Waals surface area (Å²) in [4.78, 5) is 30.3. The van der Waals surface area contributed by atoms with E-state index in [1.165, 1.54) is 22.4 Å². The van der Waals surface area contributed by atoms with Crippen molar-refractivity contribution in [2.24, 2.45) is 0 Å². The van der Waals surface area contributed by atoms with Gasteiger partial charge in [0, 0.05) is 12.1 Å². The maximum Gasteiger partial charge on any atom is 0.266 e. The van der Waals surface area contributed by atoms with E-state index in [1.807, 2.05) is 30.3 Å². The molecule has 0 unspecified atom stereocenters. The first kappa shape index (κ1) is 21.8. The summed E-state index contributed by atoms with van der Waals surface area (Å²) in [5.41, 5.74) is 2.67. The number of carbonyl (C=O) groups is 1. The number of aromatic nitrogens is 2. The predicted molar refractivity (Wildman–Crippen MR) is 126 cm³/mol. The summed E-state index contributed by atoms with van der Waals surface area (Å²) in [5, 5.41) is 3.67. The van der Waals surface area contributed by atoms with Gasteiger partial charge in [0.2, 0.25) is 5.91 Å². The minimum absolute atomic E-state index is 0.0479. The van der Waals surface area contributed by atoms with Crippen LogP contribution < -0.4 is 10.9 Å². The molecule has 0 bridgehead atoms.